The molecular weight excluding hydrogens is 334 g/mol. The first-order valence-corrected chi connectivity index (χ1v) is 9.11. The number of anilines is 1. The van der Waals surface area contributed by atoms with Crippen LogP contribution in [0.2, 0.25) is 0 Å². The minimum Gasteiger partial charge on any atom is -0.389 e. The van der Waals surface area contributed by atoms with Crippen LogP contribution >= 0.6 is 0 Å². The van der Waals surface area contributed by atoms with Gasteiger partial charge in [-0.1, -0.05) is 6.92 Å². The molecule has 138 valence electrons. The van der Waals surface area contributed by atoms with Gasteiger partial charge >= 0.3 is 6.03 Å². The smallest absolute Gasteiger partial charge is 0.329 e. The molecule has 3 aliphatic rings. The monoisotopic (exact) mass is 357 g/mol. The van der Waals surface area contributed by atoms with Crippen molar-refractivity contribution in [3.05, 3.63) is 29.8 Å². The van der Waals surface area contributed by atoms with Gasteiger partial charge in [0.2, 0.25) is 5.91 Å². The maximum Gasteiger partial charge on any atom is 0.329 e. The van der Waals surface area contributed by atoms with Crippen LogP contribution in [0, 0.1) is 11.8 Å². The van der Waals surface area contributed by atoms with Crippen molar-refractivity contribution in [3.63, 3.8) is 0 Å². The van der Waals surface area contributed by atoms with Gasteiger partial charge in [-0.3, -0.25) is 19.8 Å². The second-order valence-corrected chi connectivity index (χ2v) is 7.65. The number of piperidine rings is 1. The number of amides is 4. The number of likely N-dealkylation sites (tertiary alicyclic amines) is 1. The lowest BCUT2D eigenvalue weighted by Crippen LogP contribution is -2.53. The van der Waals surface area contributed by atoms with Crippen molar-refractivity contribution in [1.82, 2.24) is 10.2 Å². The lowest BCUT2D eigenvalue weighted by molar-refractivity contribution is -0.117. The summed E-state index contributed by atoms with van der Waals surface area (Å²) in [6.45, 7) is 3.12. The van der Waals surface area contributed by atoms with Crippen molar-refractivity contribution in [3.8, 4) is 0 Å². The Morgan fingerprint density at radius 1 is 1.23 bits per heavy atom. The molecule has 1 aromatic carbocycles. The predicted molar refractivity (Wildman–Crippen MR) is 94.7 cm³/mol. The van der Waals surface area contributed by atoms with Crippen molar-refractivity contribution in [2.24, 2.45) is 11.8 Å². The lowest BCUT2D eigenvalue weighted by atomic mass is 9.78. The van der Waals surface area contributed by atoms with Gasteiger partial charge in [-0.05, 0) is 49.4 Å². The van der Waals surface area contributed by atoms with E-state index in [0.717, 1.165) is 12.8 Å². The molecule has 0 aromatic heterocycles. The van der Waals surface area contributed by atoms with Crippen LogP contribution in [-0.4, -0.2) is 53.1 Å². The number of hydrogen-bond acceptors (Lipinski definition) is 4. The number of imide groups is 1. The number of nitrogens with zero attached hydrogens (tertiary/aromatic N) is 2. The SMILES string of the molecule is C[C@@H]1CN(C(=O)c2ccc(N3CC(=O)NC3=O)cc2)CC[C@@]1(O)C1CC1. The van der Waals surface area contributed by atoms with Crippen LogP contribution in [0.5, 0.6) is 0 Å². The van der Waals surface area contributed by atoms with Crippen LogP contribution in [0.1, 0.15) is 36.5 Å². The molecule has 4 rings (SSSR count). The van der Waals surface area contributed by atoms with Crippen molar-refractivity contribution >= 4 is 23.5 Å². The van der Waals surface area contributed by atoms with E-state index in [9.17, 15) is 19.5 Å². The first-order chi connectivity index (χ1) is 12.4. The molecule has 2 N–H and O–H groups in total. The molecule has 3 fully saturated rings. The summed E-state index contributed by atoms with van der Waals surface area (Å²) in [5, 5.41) is 13.1. The van der Waals surface area contributed by atoms with E-state index in [1.165, 1.54) is 4.90 Å². The Morgan fingerprint density at radius 3 is 2.46 bits per heavy atom. The Morgan fingerprint density at radius 2 is 1.92 bits per heavy atom. The minimum atomic E-state index is -0.629. The summed E-state index contributed by atoms with van der Waals surface area (Å²) in [7, 11) is 0. The molecule has 26 heavy (non-hydrogen) atoms. The Hall–Kier alpha value is -2.41. The molecule has 4 amide bonds. The number of rotatable bonds is 3. The number of urea groups is 1. The molecule has 0 spiro atoms. The Balaban J connectivity index is 1.44. The van der Waals surface area contributed by atoms with E-state index in [1.54, 1.807) is 29.2 Å². The Bertz CT molecular complexity index is 759. The van der Waals surface area contributed by atoms with Crippen LogP contribution in [0.25, 0.3) is 0 Å². The lowest BCUT2D eigenvalue weighted by Gasteiger charge is -2.43. The zero-order valence-corrected chi connectivity index (χ0v) is 14.8. The third kappa shape index (κ3) is 2.86. The maximum absolute atomic E-state index is 12.8. The number of hydrogen-bond donors (Lipinski definition) is 2. The fraction of sp³-hybridized carbons (Fsp3) is 0.526. The highest BCUT2D eigenvalue weighted by Crippen LogP contribution is 2.47. The summed E-state index contributed by atoms with van der Waals surface area (Å²) in [5.74, 6) is 0.0541. The van der Waals surface area contributed by atoms with Gasteiger partial charge in [0.1, 0.15) is 6.54 Å². The molecule has 2 aliphatic heterocycles. The van der Waals surface area contributed by atoms with Crippen LogP contribution in [-0.2, 0) is 4.79 Å². The van der Waals surface area contributed by atoms with Crippen LogP contribution in [0.4, 0.5) is 10.5 Å². The molecule has 0 unspecified atom stereocenters. The molecule has 1 aliphatic carbocycles. The van der Waals surface area contributed by atoms with E-state index in [-0.39, 0.29) is 24.3 Å². The molecule has 2 heterocycles. The summed E-state index contributed by atoms with van der Waals surface area (Å²) in [6.07, 6.45) is 2.80. The fourth-order valence-corrected chi connectivity index (χ4v) is 4.13. The normalized spacial score (nSPS) is 29.1. The van der Waals surface area contributed by atoms with Gasteiger partial charge in [-0.2, -0.15) is 0 Å². The second kappa shape index (κ2) is 6.09. The van der Waals surface area contributed by atoms with Crippen LogP contribution < -0.4 is 10.2 Å². The largest absolute Gasteiger partial charge is 0.389 e. The Labute approximate surface area is 152 Å². The van der Waals surface area contributed by atoms with E-state index in [1.807, 2.05) is 6.92 Å². The van der Waals surface area contributed by atoms with E-state index in [0.29, 0.717) is 36.7 Å². The standard InChI is InChI=1S/C19H23N3O4/c1-12-10-21(9-8-19(12,26)14-4-5-14)17(24)13-2-6-15(7-3-13)22-11-16(23)20-18(22)25/h2-3,6-7,12,14,26H,4-5,8-11H2,1H3,(H,20,23,25)/t12-,19+/m1/s1. The van der Waals surface area contributed by atoms with E-state index >= 15 is 0 Å². The summed E-state index contributed by atoms with van der Waals surface area (Å²) < 4.78 is 0. The molecular formula is C19H23N3O4. The summed E-state index contributed by atoms with van der Waals surface area (Å²) >= 11 is 0. The average molecular weight is 357 g/mol. The highest BCUT2D eigenvalue weighted by molar-refractivity contribution is 6.12. The van der Waals surface area contributed by atoms with Crippen molar-refractivity contribution in [2.45, 2.75) is 31.8 Å². The first kappa shape index (κ1) is 17.0. The Kier molecular flexibility index (Phi) is 3.99. The molecule has 2 atom stereocenters. The predicted octanol–water partition coefficient (Wildman–Crippen LogP) is 1.37. The van der Waals surface area contributed by atoms with Gasteiger partial charge < -0.3 is 10.0 Å². The highest BCUT2D eigenvalue weighted by atomic mass is 16.3. The van der Waals surface area contributed by atoms with E-state index in [2.05, 4.69) is 5.32 Å². The van der Waals surface area contributed by atoms with Gasteiger partial charge in [-0.15, -0.1) is 0 Å². The molecule has 7 nitrogen and oxygen atoms in total. The number of benzene rings is 1. The topological polar surface area (TPSA) is 90.0 Å². The van der Waals surface area contributed by atoms with Gasteiger partial charge in [-0.25, -0.2) is 4.79 Å². The van der Waals surface area contributed by atoms with Gasteiger partial charge in [0, 0.05) is 30.3 Å². The zero-order valence-electron chi connectivity index (χ0n) is 14.8. The van der Waals surface area contributed by atoms with Crippen molar-refractivity contribution in [1.29, 1.82) is 0 Å². The van der Waals surface area contributed by atoms with E-state index < -0.39 is 11.6 Å². The number of carbonyl (C=O) groups excluding carboxylic acids is 3. The van der Waals surface area contributed by atoms with Crippen LogP contribution in [0.3, 0.4) is 0 Å². The molecule has 2 saturated heterocycles. The number of aliphatic hydroxyl groups is 1. The summed E-state index contributed by atoms with van der Waals surface area (Å²) in [4.78, 5) is 38.9. The van der Waals surface area contributed by atoms with Gasteiger partial charge in [0.25, 0.3) is 5.91 Å². The van der Waals surface area contributed by atoms with Gasteiger partial charge in [0.05, 0.1) is 5.60 Å². The average Bonchev–Trinajstić information content (AvgIpc) is 3.42. The molecule has 1 saturated carbocycles. The highest BCUT2D eigenvalue weighted by Gasteiger charge is 2.50. The number of nitrogens with one attached hydrogen (secondary N) is 1. The minimum absolute atomic E-state index is 0.00445. The molecule has 0 radical (unpaired) electrons. The quantitative estimate of drug-likeness (QED) is 0.800. The molecule has 0 bridgehead atoms. The fourth-order valence-electron chi connectivity index (χ4n) is 4.13. The second-order valence-electron chi connectivity index (χ2n) is 7.65. The van der Waals surface area contributed by atoms with Crippen LogP contribution in [0.15, 0.2) is 24.3 Å². The third-order valence-electron chi connectivity index (χ3n) is 5.92. The maximum atomic E-state index is 12.8. The van der Waals surface area contributed by atoms with Crippen molar-refractivity contribution < 1.29 is 19.5 Å². The number of carbonyl (C=O) groups is 3. The van der Waals surface area contributed by atoms with E-state index in [4.69, 9.17) is 0 Å². The third-order valence-corrected chi connectivity index (χ3v) is 5.92. The molecule has 7 heteroatoms. The molecule has 1 aromatic rings. The van der Waals surface area contributed by atoms with Gasteiger partial charge in [0.15, 0.2) is 0 Å². The first-order valence-electron chi connectivity index (χ1n) is 9.11. The zero-order chi connectivity index (χ0) is 18.5. The summed E-state index contributed by atoms with van der Waals surface area (Å²) in [6, 6.07) is 6.28. The van der Waals surface area contributed by atoms with Crippen molar-refractivity contribution in [2.75, 3.05) is 24.5 Å². The summed E-state index contributed by atoms with van der Waals surface area (Å²) in [5.41, 5.74) is 0.500.